The Hall–Kier alpha value is -1.88. The van der Waals surface area contributed by atoms with Crippen molar-refractivity contribution in [2.75, 3.05) is 11.9 Å². The highest BCUT2D eigenvalue weighted by atomic mass is 35.5. The lowest BCUT2D eigenvalue weighted by atomic mass is 10.4. The molecule has 0 radical (unpaired) electrons. The van der Waals surface area contributed by atoms with Crippen molar-refractivity contribution in [3.63, 3.8) is 0 Å². The third-order valence-electron chi connectivity index (χ3n) is 1.78. The third-order valence-corrected chi connectivity index (χ3v) is 2.03. The first-order valence-corrected chi connectivity index (χ1v) is 5.20. The molecule has 0 unspecified atom stereocenters. The fraction of sp³-hybridized carbons (Fsp3) is 0.182. The highest BCUT2D eigenvalue weighted by Gasteiger charge is 2.15. The van der Waals surface area contributed by atoms with Crippen molar-refractivity contribution in [1.29, 1.82) is 0 Å². The topological polar surface area (TPSA) is 72.5 Å². The summed E-state index contributed by atoms with van der Waals surface area (Å²) in [4.78, 5) is 33.8. The van der Waals surface area contributed by atoms with Crippen molar-refractivity contribution in [3.05, 3.63) is 39.5 Å². The van der Waals surface area contributed by atoms with E-state index in [9.17, 15) is 14.4 Å². The Labute approximate surface area is 102 Å². The summed E-state index contributed by atoms with van der Waals surface area (Å²) < 4.78 is 4.48. The monoisotopic (exact) mass is 255 g/mol. The van der Waals surface area contributed by atoms with E-state index in [1.165, 1.54) is 24.3 Å². The molecule has 0 bridgehead atoms. The molecule has 5 nitrogen and oxygen atoms in total. The second-order valence-electron chi connectivity index (χ2n) is 3.00. The molecule has 0 aliphatic carbocycles. The predicted octanol–water partition coefficient (Wildman–Crippen LogP) is 1.20. The molecule has 17 heavy (non-hydrogen) atoms. The average Bonchev–Trinajstić information content (AvgIpc) is 2.44. The molecule has 0 aromatic heterocycles. The van der Waals surface area contributed by atoms with Gasteiger partial charge in [0.25, 0.3) is 0 Å². The van der Waals surface area contributed by atoms with Gasteiger partial charge in [0.1, 0.15) is 0 Å². The summed E-state index contributed by atoms with van der Waals surface area (Å²) in [7, 11) is 0. The SMILES string of the molecule is CCOC(=O)C(=O)Nc1ccc(Cl)ccc1=O. The minimum absolute atomic E-state index is 0.0325. The summed E-state index contributed by atoms with van der Waals surface area (Å²) in [6.07, 6.45) is 0. The van der Waals surface area contributed by atoms with Gasteiger partial charge >= 0.3 is 11.9 Å². The Kier molecular flexibility index (Phi) is 4.66. The number of halogens is 1. The van der Waals surface area contributed by atoms with Crippen LogP contribution in [0.5, 0.6) is 0 Å². The third kappa shape index (κ3) is 3.88. The van der Waals surface area contributed by atoms with Crippen molar-refractivity contribution in [2.45, 2.75) is 6.92 Å². The molecule has 0 heterocycles. The molecule has 1 N–H and O–H groups in total. The van der Waals surface area contributed by atoms with E-state index in [-0.39, 0.29) is 12.3 Å². The number of carbonyl (C=O) groups is 2. The number of esters is 1. The lowest BCUT2D eigenvalue weighted by Gasteiger charge is -2.01. The van der Waals surface area contributed by atoms with Gasteiger partial charge in [-0.15, -0.1) is 0 Å². The molecule has 0 aliphatic rings. The van der Waals surface area contributed by atoms with E-state index in [0.29, 0.717) is 5.02 Å². The zero-order chi connectivity index (χ0) is 12.8. The average molecular weight is 256 g/mol. The summed E-state index contributed by atoms with van der Waals surface area (Å²) in [6, 6.07) is 5.35. The minimum atomic E-state index is -1.04. The van der Waals surface area contributed by atoms with Gasteiger partial charge in [-0.1, -0.05) is 11.6 Å². The molecular weight excluding hydrogens is 246 g/mol. The molecule has 6 heteroatoms. The zero-order valence-electron chi connectivity index (χ0n) is 9.03. The van der Waals surface area contributed by atoms with Crippen LogP contribution in [0.15, 0.2) is 29.1 Å². The lowest BCUT2D eigenvalue weighted by molar-refractivity contribution is -0.152. The number of rotatable bonds is 2. The van der Waals surface area contributed by atoms with Crippen LogP contribution in [0.1, 0.15) is 6.92 Å². The van der Waals surface area contributed by atoms with Crippen LogP contribution in [0, 0.1) is 0 Å². The Morgan fingerprint density at radius 1 is 1.29 bits per heavy atom. The second-order valence-corrected chi connectivity index (χ2v) is 3.44. The van der Waals surface area contributed by atoms with Crippen LogP contribution >= 0.6 is 11.6 Å². The van der Waals surface area contributed by atoms with Crippen molar-refractivity contribution in [3.8, 4) is 0 Å². The van der Waals surface area contributed by atoms with Crippen LogP contribution in [0.3, 0.4) is 0 Å². The van der Waals surface area contributed by atoms with Gasteiger partial charge in [0.05, 0.1) is 12.3 Å². The second kappa shape index (κ2) is 6.00. The van der Waals surface area contributed by atoms with Crippen molar-refractivity contribution < 1.29 is 14.3 Å². The quantitative estimate of drug-likeness (QED) is 0.637. The largest absolute Gasteiger partial charge is 0.459 e. The smallest absolute Gasteiger partial charge is 0.397 e. The van der Waals surface area contributed by atoms with Crippen LogP contribution in [0.4, 0.5) is 5.69 Å². The molecule has 1 amide bonds. The first-order valence-electron chi connectivity index (χ1n) is 4.82. The summed E-state index contributed by atoms with van der Waals surface area (Å²) in [5.74, 6) is -2.03. The van der Waals surface area contributed by atoms with E-state index < -0.39 is 17.3 Å². The molecule has 1 aromatic rings. The molecule has 0 saturated heterocycles. The molecule has 1 aromatic carbocycles. The number of amides is 1. The van der Waals surface area contributed by atoms with Crippen molar-refractivity contribution >= 4 is 29.2 Å². The standard InChI is InChI=1S/C11H10ClNO4/c1-2-17-11(16)10(15)13-8-5-3-7(12)4-6-9(8)14/h3-6H,2H2,1H3,(H,13,14,15). The Morgan fingerprint density at radius 3 is 2.59 bits per heavy atom. The maximum atomic E-state index is 11.5. The fourth-order valence-electron chi connectivity index (χ4n) is 1.02. The van der Waals surface area contributed by atoms with Gasteiger partial charge in [0, 0.05) is 5.02 Å². The maximum Gasteiger partial charge on any atom is 0.397 e. The number of ether oxygens (including phenoxy) is 1. The predicted molar refractivity (Wildman–Crippen MR) is 63.0 cm³/mol. The van der Waals surface area contributed by atoms with Crippen LogP contribution in [-0.4, -0.2) is 18.5 Å². The van der Waals surface area contributed by atoms with Crippen molar-refractivity contribution in [1.82, 2.24) is 0 Å². The van der Waals surface area contributed by atoms with E-state index in [1.807, 2.05) is 0 Å². The summed E-state index contributed by atoms with van der Waals surface area (Å²) in [6.45, 7) is 1.66. The minimum Gasteiger partial charge on any atom is -0.459 e. The Balaban J connectivity index is 2.90. The van der Waals surface area contributed by atoms with Crippen LogP contribution in [-0.2, 0) is 14.3 Å². The first-order chi connectivity index (χ1) is 8.04. The van der Waals surface area contributed by atoms with Gasteiger partial charge in [-0.2, -0.15) is 0 Å². The van der Waals surface area contributed by atoms with E-state index in [0.717, 1.165) is 0 Å². The summed E-state index contributed by atoms with van der Waals surface area (Å²) in [5, 5.41) is 2.50. The highest BCUT2D eigenvalue weighted by Crippen LogP contribution is 2.06. The normalized spacial score (nSPS) is 9.53. The number of hydrogen-bond donors (Lipinski definition) is 1. The summed E-state index contributed by atoms with van der Waals surface area (Å²) in [5.41, 5.74) is -0.482. The molecule has 90 valence electrons. The zero-order valence-corrected chi connectivity index (χ0v) is 9.78. The Morgan fingerprint density at radius 2 is 1.94 bits per heavy atom. The van der Waals surface area contributed by atoms with Gasteiger partial charge in [0.2, 0.25) is 5.43 Å². The Bertz CT molecular complexity index is 501. The maximum absolute atomic E-state index is 11.5. The number of hydrogen-bond acceptors (Lipinski definition) is 4. The molecule has 0 spiro atoms. The van der Waals surface area contributed by atoms with Crippen molar-refractivity contribution in [2.24, 2.45) is 0 Å². The van der Waals surface area contributed by atoms with E-state index in [4.69, 9.17) is 11.6 Å². The summed E-state index contributed by atoms with van der Waals surface area (Å²) >= 11 is 5.67. The van der Waals surface area contributed by atoms with Crippen LogP contribution in [0.25, 0.3) is 0 Å². The van der Waals surface area contributed by atoms with Crippen LogP contribution < -0.4 is 10.7 Å². The molecular formula is C11H10ClNO4. The fourth-order valence-corrected chi connectivity index (χ4v) is 1.14. The van der Waals surface area contributed by atoms with E-state index >= 15 is 0 Å². The molecule has 0 atom stereocenters. The van der Waals surface area contributed by atoms with Gasteiger partial charge in [-0.3, -0.25) is 9.59 Å². The van der Waals surface area contributed by atoms with Crippen LogP contribution in [0.2, 0.25) is 5.02 Å². The van der Waals surface area contributed by atoms with Gasteiger partial charge < -0.3 is 10.1 Å². The molecule has 0 saturated carbocycles. The van der Waals surface area contributed by atoms with Gasteiger partial charge in [-0.05, 0) is 31.2 Å². The molecule has 0 fully saturated rings. The number of nitrogens with one attached hydrogen (secondary N) is 1. The van der Waals surface area contributed by atoms with Gasteiger partial charge in [0.15, 0.2) is 0 Å². The van der Waals surface area contributed by atoms with Gasteiger partial charge in [-0.25, -0.2) is 4.79 Å². The molecule has 0 aliphatic heterocycles. The number of anilines is 1. The number of carbonyl (C=O) groups excluding carboxylic acids is 2. The first kappa shape index (κ1) is 13.2. The van der Waals surface area contributed by atoms with E-state index in [2.05, 4.69) is 10.1 Å². The molecule has 1 rings (SSSR count). The van der Waals surface area contributed by atoms with E-state index in [1.54, 1.807) is 6.92 Å². The highest BCUT2D eigenvalue weighted by molar-refractivity contribution is 6.37. The lowest BCUT2D eigenvalue weighted by Crippen LogP contribution is -2.27.